The zero-order valence-corrected chi connectivity index (χ0v) is 5.69. The highest BCUT2D eigenvalue weighted by molar-refractivity contribution is 5.80. The van der Waals surface area contributed by atoms with E-state index >= 15 is 0 Å². The van der Waals surface area contributed by atoms with Crippen LogP contribution in [0.1, 0.15) is 22.2 Å². The van der Waals surface area contributed by atoms with Gasteiger partial charge in [-0.15, -0.1) is 0 Å². The van der Waals surface area contributed by atoms with Gasteiger partial charge in [-0.25, -0.2) is 0 Å². The van der Waals surface area contributed by atoms with Crippen molar-refractivity contribution in [3.8, 4) is 0 Å². The van der Waals surface area contributed by atoms with E-state index in [2.05, 4.69) is 5.32 Å². The number of ketones is 1. The molecular weight excluding hydrogens is 102 g/mol. The summed E-state index contributed by atoms with van der Waals surface area (Å²) in [7, 11) is 0. The van der Waals surface area contributed by atoms with E-state index in [1.807, 2.05) is 13.8 Å². The molecule has 1 atom stereocenters. The summed E-state index contributed by atoms with van der Waals surface area (Å²) in [6.45, 7) is 6.30. The quantitative estimate of drug-likeness (QED) is 0.593. The minimum Gasteiger partial charge on any atom is -0.308 e. The third kappa shape index (κ3) is 2.75. The first kappa shape index (κ1) is 7.63. The molecule has 0 unspecified atom stereocenters. The van der Waals surface area contributed by atoms with E-state index in [4.69, 9.17) is 0 Å². The van der Waals surface area contributed by atoms with Gasteiger partial charge in [0.05, 0.1) is 6.04 Å². The molecular formula is C6H15NO. The van der Waals surface area contributed by atoms with Crippen LogP contribution in [0.4, 0.5) is 0 Å². The number of rotatable bonds is 3. The van der Waals surface area contributed by atoms with E-state index < -0.39 is 0 Å². The molecule has 0 amide bonds. The van der Waals surface area contributed by atoms with Crippen LogP contribution in [0.5, 0.6) is 0 Å². The second-order valence-corrected chi connectivity index (χ2v) is 1.89. The van der Waals surface area contributed by atoms with Crippen molar-refractivity contribution in [3.05, 3.63) is 0 Å². The predicted octanol–water partition coefficient (Wildman–Crippen LogP) is 0.819. The number of nitrogens with one attached hydrogen (secondary N) is 1. The molecule has 0 radical (unpaired) electrons. The van der Waals surface area contributed by atoms with Gasteiger partial charge in [-0.3, -0.25) is 4.79 Å². The minimum absolute atomic E-state index is 0. The van der Waals surface area contributed by atoms with Gasteiger partial charge in [-0.1, -0.05) is 6.92 Å². The number of likely N-dealkylation sites (N-methyl/N-ethyl adjacent to an activating group) is 1. The third-order valence-electron chi connectivity index (χ3n) is 1.12. The highest BCUT2D eigenvalue weighted by Gasteiger charge is 2.02. The maximum absolute atomic E-state index is 10.5. The highest BCUT2D eigenvalue weighted by atomic mass is 16.1. The Morgan fingerprint density at radius 1 is 1.88 bits per heavy atom. The van der Waals surface area contributed by atoms with E-state index in [-0.39, 0.29) is 13.3 Å². The van der Waals surface area contributed by atoms with E-state index in [9.17, 15) is 4.79 Å². The van der Waals surface area contributed by atoms with E-state index in [0.717, 1.165) is 6.54 Å². The van der Waals surface area contributed by atoms with Crippen molar-refractivity contribution in [2.75, 3.05) is 6.54 Å². The lowest BCUT2D eigenvalue weighted by Gasteiger charge is -2.05. The van der Waals surface area contributed by atoms with Gasteiger partial charge < -0.3 is 5.32 Å². The van der Waals surface area contributed by atoms with Crippen LogP contribution in [0.3, 0.4) is 0 Å². The number of hydrogen-bond acceptors (Lipinski definition) is 2. The lowest BCUT2D eigenvalue weighted by atomic mass is 10.2. The van der Waals surface area contributed by atoms with Crippen LogP contribution in [0, 0.1) is 0 Å². The van der Waals surface area contributed by atoms with Crippen LogP contribution >= 0.6 is 0 Å². The average Bonchev–Trinajstić information content (AvgIpc) is 1.67. The number of hydrogen-bond donors (Lipinski definition) is 1. The maximum Gasteiger partial charge on any atom is 0.146 e. The SMILES string of the molecule is CCN[C@H](C)C(C)=O.[HH]. The summed E-state index contributed by atoms with van der Waals surface area (Å²) in [5.41, 5.74) is 0. The van der Waals surface area contributed by atoms with E-state index in [0.29, 0.717) is 0 Å². The Balaban J connectivity index is 0. The first-order valence-electron chi connectivity index (χ1n) is 2.92. The fourth-order valence-corrected chi connectivity index (χ4v) is 0.450. The lowest BCUT2D eigenvalue weighted by Crippen LogP contribution is -2.31. The Labute approximate surface area is 51.8 Å². The summed E-state index contributed by atoms with van der Waals surface area (Å²) in [4.78, 5) is 10.5. The molecule has 0 spiro atoms. The molecule has 2 heteroatoms. The van der Waals surface area contributed by atoms with Crippen molar-refractivity contribution >= 4 is 5.78 Å². The van der Waals surface area contributed by atoms with Crippen molar-refractivity contribution < 1.29 is 6.22 Å². The molecule has 1 N–H and O–H groups in total. The Kier molecular flexibility index (Phi) is 3.44. The van der Waals surface area contributed by atoms with Gasteiger partial charge in [0.25, 0.3) is 0 Å². The summed E-state index contributed by atoms with van der Waals surface area (Å²) >= 11 is 0. The Morgan fingerprint density at radius 2 is 2.38 bits per heavy atom. The fourth-order valence-electron chi connectivity index (χ4n) is 0.450. The fraction of sp³-hybridized carbons (Fsp3) is 0.833. The molecule has 0 heterocycles. The summed E-state index contributed by atoms with van der Waals surface area (Å²) in [5.74, 6) is 0.201. The Hall–Kier alpha value is -0.370. The number of carbonyl (C=O) groups is 1. The molecule has 0 aromatic heterocycles. The standard InChI is InChI=1S/C6H13NO.H2/c1-4-7-5(2)6(3)8;/h5,7H,4H2,1-3H3;1H/t5-;/m1./s1. The molecule has 0 aliphatic carbocycles. The van der Waals surface area contributed by atoms with Gasteiger partial charge >= 0.3 is 0 Å². The monoisotopic (exact) mass is 117 g/mol. The first-order chi connectivity index (χ1) is 3.68. The van der Waals surface area contributed by atoms with Crippen LogP contribution in [0.2, 0.25) is 0 Å². The van der Waals surface area contributed by atoms with Crippen LogP contribution in [0.25, 0.3) is 0 Å². The smallest absolute Gasteiger partial charge is 0.146 e. The Morgan fingerprint density at radius 3 is 2.50 bits per heavy atom. The minimum atomic E-state index is 0. The number of Topliss-reactive ketones (excluding diaryl/α,β-unsaturated/α-hetero) is 1. The third-order valence-corrected chi connectivity index (χ3v) is 1.12. The molecule has 0 fully saturated rings. The van der Waals surface area contributed by atoms with Gasteiger partial charge in [0.15, 0.2) is 0 Å². The topological polar surface area (TPSA) is 29.1 Å². The zero-order chi connectivity index (χ0) is 6.57. The predicted molar refractivity (Wildman–Crippen MR) is 35.9 cm³/mol. The molecule has 2 nitrogen and oxygen atoms in total. The lowest BCUT2D eigenvalue weighted by molar-refractivity contribution is -0.118. The van der Waals surface area contributed by atoms with E-state index in [1.165, 1.54) is 0 Å². The Bertz CT molecular complexity index is 85.1. The van der Waals surface area contributed by atoms with Crippen molar-refractivity contribution in [2.45, 2.75) is 26.8 Å². The van der Waals surface area contributed by atoms with Crippen molar-refractivity contribution in [2.24, 2.45) is 0 Å². The molecule has 0 saturated carbocycles. The van der Waals surface area contributed by atoms with Gasteiger partial charge in [0, 0.05) is 1.43 Å². The van der Waals surface area contributed by atoms with E-state index in [1.54, 1.807) is 6.92 Å². The molecule has 0 saturated heterocycles. The average molecular weight is 117 g/mol. The largest absolute Gasteiger partial charge is 0.308 e. The molecule has 0 aromatic rings. The normalized spacial score (nSPS) is 13.4. The molecule has 50 valence electrons. The summed E-state index contributed by atoms with van der Waals surface area (Å²) in [6.07, 6.45) is 0. The molecule has 0 bridgehead atoms. The zero-order valence-electron chi connectivity index (χ0n) is 5.69. The van der Waals surface area contributed by atoms with Crippen molar-refractivity contribution in [3.63, 3.8) is 0 Å². The van der Waals surface area contributed by atoms with Gasteiger partial charge in [-0.2, -0.15) is 0 Å². The van der Waals surface area contributed by atoms with Crippen LogP contribution in [-0.4, -0.2) is 18.4 Å². The van der Waals surface area contributed by atoms with Crippen LogP contribution in [0.15, 0.2) is 0 Å². The summed E-state index contributed by atoms with van der Waals surface area (Å²) in [5, 5.41) is 3.00. The molecule has 8 heavy (non-hydrogen) atoms. The number of carbonyl (C=O) groups excluding carboxylic acids is 1. The maximum atomic E-state index is 10.5. The second-order valence-electron chi connectivity index (χ2n) is 1.89. The molecule has 0 rings (SSSR count). The summed E-state index contributed by atoms with van der Waals surface area (Å²) in [6, 6.07) is 0.0278. The van der Waals surface area contributed by atoms with Crippen molar-refractivity contribution in [1.82, 2.24) is 5.32 Å². The van der Waals surface area contributed by atoms with Crippen molar-refractivity contribution in [1.29, 1.82) is 0 Å². The van der Waals surface area contributed by atoms with Crippen LogP contribution < -0.4 is 5.32 Å². The molecule has 0 aromatic carbocycles. The van der Waals surface area contributed by atoms with Gasteiger partial charge in [-0.05, 0) is 20.4 Å². The van der Waals surface area contributed by atoms with Crippen LogP contribution in [-0.2, 0) is 4.79 Å². The first-order valence-corrected chi connectivity index (χ1v) is 2.92. The highest BCUT2D eigenvalue weighted by Crippen LogP contribution is 1.80. The van der Waals surface area contributed by atoms with Gasteiger partial charge in [0.2, 0.25) is 0 Å². The second kappa shape index (κ2) is 3.61. The molecule has 0 aliphatic heterocycles. The summed E-state index contributed by atoms with van der Waals surface area (Å²) < 4.78 is 0. The van der Waals surface area contributed by atoms with Gasteiger partial charge in [0.1, 0.15) is 5.78 Å². The molecule has 0 aliphatic rings.